The highest BCUT2D eigenvalue weighted by Gasteiger charge is 2.21. The molecule has 0 bridgehead atoms. The van der Waals surface area contributed by atoms with E-state index < -0.39 is 0 Å². The van der Waals surface area contributed by atoms with Crippen LogP contribution in [0.2, 0.25) is 0 Å². The van der Waals surface area contributed by atoms with Crippen molar-refractivity contribution in [3.8, 4) is 17.3 Å². The molecule has 1 aromatic carbocycles. The molecule has 0 atom stereocenters. The van der Waals surface area contributed by atoms with Crippen LogP contribution in [-0.4, -0.2) is 16.5 Å². The number of benzene rings is 1. The lowest BCUT2D eigenvalue weighted by molar-refractivity contribution is 1.20. The fourth-order valence-electron chi connectivity index (χ4n) is 2.89. The number of hydrogen-bond acceptors (Lipinski definition) is 2. The fourth-order valence-corrected chi connectivity index (χ4v) is 2.89. The normalized spacial score (nSPS) is 13.4. The number of fused-ring (bicyclic) bond motifs is 1. The molecule has 1 aliphatic heterocycles. The zero-order valence-electron chi connectivity index (χ0n) is 11.9. The quantitative estimate of drug-likeness (QED) is 0.671. The third-order valence-corrected chi connectivity index (χ3v) is 3.97. The summed E-state index contributed by atoms with van der Waals surface area (Å²) in [6.07, 6.45) is 3.81. The van der Waals surface area contributed by atoms with Crippen molar-refractivity contribution >= 4 is 11.3 Å². The van der Waals surface area contributed by atoms with Crippen LogP contribution in [0.5, 0.6) is 0 Å². The second-order valence-corrected chi connectivity index (χ2v) is 5.25. The van der Waals surface area contributed by atoms with E-state index in [2.05, 4.69) is 45.6 Å². The minimum atomic E-state index is 0.565. The van der Waals surface area contributed by atoms with Gasteiger partial charge >= 0.3 is 0 Å². The van der Waals surface area contributed by atoms with Gasteiger partial charge in [0, 0.05) is 23.7 Å². The molecule has 106 valence electrons. The molecule has 0 spiro atoms. The topological polar surface area (TPSA) is 67.4 Å². The molecular weight excluding hydrogens is 272 g/mol. The van der Waals surface area contributed by atoms with Crippen molar-refractivity contribution in [1.29, 1.82) is 5.26 Å². The van der Waals surface area contributed by atoms with Crippen LogP contribution in [0.3, 0.4) is 0 Å². The minimum absolute atomic E-state index is 0.565. The van der Waals surface area contributed by atoms with Gasteiger partial charge in [0.1, 0.15) is 0 Å². The SMILES string of the molecule is N#CC1=C(c2ccc(-c3ccc[nH]3)cc2)c2[nH]ccc2NC1. The number of nitrogens with one attached hydrogen (secondary N) is 3. The molecule has 2 aromatic heterocycles. The van der Waals surface area contributed by atoms with E-state index in [0.717, 1.165) is 39.3 Å². The first-order valence-electron chi connectivity index (χ1n) is 7.16. The average Bonchev–Trinajstić information content (AvgIpc) is 3.25. The molecule has 0 radical (unpaired) electrons. The van der Waals surface area contributed by atoms with Crippen LogP contribution < -0.4 is 5.32 Å². The summed E-state index contributed by atoms with van der Waals surface area (Å²) in [7, 11) is 0. The predicted molar refractivity (Wildman–Crippen MR) is 87.1 cm³/mol. The second-order valence-electron chi connectivity index (χ2n) is 5.25. The Labute approximate surface area is 128 Å². The number of nitrogens with zero attached hydrogens (tertiary/aromatic N) is 1. The molecule has 0 saturated heterocycles. The maximum Gasteiger partial charge on any atom is 0.0973 e. The van der Waals surface area contributed by atoms with E-state index in [1.165, 1.54) is 0 Å². The van der Waals surface area contributed by atoms with E-state index in [-0.39, 0.29) is 0 Å². The van der Waals surface area contributed by atoms with Gasteiger partial charge in [-0.3, -0.25) is 0 Å². The summed E-state index contributed by atoms with van der Waals surface area (Å²) < 4.78 is 0. The van der Waals surface area contributed by atoms with Gasteiger partial charge in [-0.1, -0.05) is 24.3 Å². The lowest BCUT2D eigenvalue weighted by Gasteiger charge is -2.19. The number of aromatic nitrogens is 2. The Kier molecular flexibility index (Phi) is 2.84. The number of nitriles is 1. The average molecular weight is 286 g/mol. The van der Waals surface area contributed by atoms with Gasteiger partial charge in [-0.2, -0.15) is 5.26 Å². The third-order valence-electron chi connectivity index (χ3n) is 3.97. The Morgan fingerprint density at radius 2 is 1.73 bits per heavy atom. The van der Waals surface area contributed by atoms with E-state index in [1.54, 1.807) is 0 Å². The van der Waals surface area contributed by atoms with Crippen LogP contribution >= 0.6 is 0 Å². The predicted octanol–water partition coefficient (Wildman–Crippen LogP) is 3.76. The molecule has 0 amide bonds. The monoisotopic (exact) mass is 286 g/mol. The van der Waals surface area contributed by atoms with Crippen molar-refractivity contribution in [2.75, 3.05) is 11.9 Å². The van der Waals surface area contributed by atoms with E-state index in [9.17, 15) is 5.26 Å². The molecule has 4 rings (SSSR count). The summed E-state index contributed by atoms with van der Waals surface area (Å²) in [6, 6.07) is 16.6. The summed E-state index contributed by atoms with van der Waals surface area (Å²) in [5.41, 5.74) is 7.04. The number of H-pyrrole nitrogens is 2. The molecule has 0 saturated carbocycles. The van der Waals surface area contributed by atoms with E-state index in [4.69, 9.17) is 0 Å². The molecule has 0 unspecified atom stereocenters. The summed E-state index contributed by atoms with van der Waals surface area (Å²) >= 11 is 0. The molecule has 0 aliphatic carbocycles. The molecule has 3 heterocycles. The Bertz CT molecular complexity index is 874. The van der Waals surface area contributed by atoms with Gasteiger partial charge in [-0.05, 0) is 29.3 Å². The molecule has 4 heteroatoms. The zero-order valence-corrected chi connectivity index (χ0v) is 11.9. The summed E-state index contributed by atoms with van der Waals surface area (Å²) in [5, 5.41) is 12.7. The first-order chi connectivity index (χ1) is 10.9. The van der Waals surface area contributed by atoms with Crippen molar-refractivity contribution in [2.45, 2.75) is 0 Å². The first kappa shape index (κ1) is 12.5. The van der Waals surface area contributed by atoms with Crippen LogP contribution in [-0.2, 0) is 0 Å². The number of anilines is 1. The summed E-state index contributed by atoms with van der Waals surface area (Å²) in [4.78, 5) is 6.44. The second kappa shape index (κ2) is 4.97. The van der Waals surface area contributed by atoms with Crippen molar-refractivity contribution in [3.63, 3.8) is 0 Å². The Morgan fingerprint density at radius 3 is 2.45 bits per heavy atom. The minimum Gasteiger partial charge on any atom is -0.378 e. The number of aromatic amines is 2. The lowest BCUT2D eigenvalue weighted by Crippen LogP contribution is -2.13. The number of rotatable bonds is 2. The van der Waals surface area contributed by atoms with Crippen molar-refractivity contribution in [2.24, 2.45) is 0 Å². The lowest BCUT2D eigenvalue weighted by atomic mass is 9.93. The third kappa shape index (κ3) is 1.92. The van der Waals surface area contributed by atoms with Crippen LogP contribution in [0.15, 0.2) is 60.4 Å². The van der Waals surface area contributed by atoms with E-state index in [0.29, 0.717) is 6.54 Å². The first-order valence-corrected chi connectivity index (χ1v) is 7.16. The van der Waals surface area contributed by atoms with Crippen LogP contribution in [0.4, 0.5) is 5.69 Å². The summed E-state index contributed by atoms with van der Waals surface area (Å²) in [6.45, 7) is 0.565. The summed E-state index contributed by atoms with van der Waals surface area (Å²) in [5.74, 6) is 0. The van der Waals surface area contributed by atoms with Gasteiger partial charge in [0.05, 0.1) is 29.6 Å². The molecule has 4 nitrogen and oxygen atoms in total. The highest BCUT2D eigenvalue weighted by atomic mass is 14.9. The smallest absolute Gasteiger partial charge is 0.0973 e. The van der Waals surface area contributed by atoms with Gasteiger partial charge in [0.15, 0.2) is 0 Å². The van der Waals surface area contributed by atoms with Crippen molar-refractivity contribution < 1.29 is 0 Å². The van der Waals surface area contributed by atoms with Crippen molar-refractivity contribution in [1.82, 2.24) is 9.97 Å². The van der Waals surface area contributed by atoms with Gasteiger partial charge in [-0.15, -0.1) is 0 Å². The Balaban J connectivity index is 1.81. The zero-order chi connectivity index (χ0) is 14.9. The Hall–Kier alpha value is -3.19. The molecule has 1 aliphatic rings. The standard InChI is InChI=1S/C18H14N4/c19-10-14-11-22-16-7-9-21-18(16)17(14)13-5-3-12(4-6-13)15-2-1-8-20-15/h1-9,20-22H,11H2. The maximum atomic E-state index is 9.42. The maximum absolute atomic E-state index is 9.42. The van der Waals surface area contributed by atoms with Gasteiger partial charge in [0.2, 0.25) is 0 Å². The Morgan fingerprint density at radius 1 is 0.909 bits per heavy atom. The van der Waals surface area contributed by atoms with E-state index >= 15 is 0 Å². The number of hydrogen-bond donors (Lipinski definition) is 3. The van der Waals surface area contributed by atoms with Crippen LogP contribution in [0, 0.1) is 11.3 Å². The molecule has 22 heavy (non-hydrogen) atoms. The molecule has 3 aromatic rings. The van der Waals surface area contributed by atoms with Crippen LogP contribution in [0.25, 0.3) is 16.8 Å². The van der Waals surface area contributed by atoms with Crippen molar-refractivity contribution in [3.05, 3.63) is 71.7 Å². The van der Waals surface area contributed by atoms with Gasteiger partial charge in [0.25, 0.3) is 0 Å². The van der Waals surface area contributed by atoms with Gasteiger partial charge in [-0.25, -0.2) is 0 Å². The van der Waals surface area contributed by atoms with Gasteiger partial charge < -0.3 is 15.3 Å². The fraction of sp³-hybridized carbons (Fsp3) is 0.0556. The molecular formula is C18H14N4. The van der Waals surface area contributed by atoms with Crippen LogP contribution in [0.1, 0.15) is 11.3 Å². The highest BCUT2D eigenvalue weighted by Crippen LogP contribution is 2.35. The largest absolute Gasteiger partial charge is 0.378 e. The van der Waals surface area contributed by atoms with E-state index in [1.807, 2.05) is 30.6 Å². The highest BCUT2D eigenvalue weighted by molar-refractivity contribution is 5.91. The molecule has 0 fully saturated rings. The molecule has 3 N–H and O–H groups in total.